The monoisotopic (exact) mass is 500 g/mol. The smallest absolute Gasteiger partial charge is 0.253 e. The molecule has 1 aliphatic rings. The molecule has 0 radical (unpaired) electrons. The number of rotatable bonds is 7. The summed E-state index contributed by atoms with van der Waals surface area (Å²) < 4.78 is 11.9. The second-order valence-corrected chi connectivity index (χ2v) is 10.8. The van der Waals surface area contributed by atoms with Crippen molar-refractivity contribution in [2.24, 2.45) is 0 Å². The molecule has 0 saturated carbocycles. The Balaban J connectivity index is 1.44. The fourth-order valence-corrected chi connectivity index (χ4v) is 4.75. The summed E-state index contributed by atoms with van der Waals surface area (Å²) in [5, 5.41) is 0. The predicted octanol–water partition coefficient (Wildman–Crippen LogP) is 6.54. The number of anilines is 1. The summed E-state index contributed by atoms with van der Waals surface area (Å²) in [5.41, 5.74) is 6.78. The maximum absolute atomic E-state index is 13.4. The van der Waals surface area contributed by atoms with E-state index in [1.165, 1.54) is 22.4 Å². The van der Waals surface area contributed by atoms with Crippen LogP contribution < -0.4 is 14.4 Å². The van der Waals surface area contributed by atoms with Gasteiger partial charge >= 0.3 is 0 Å². The lowest BCUT2D eigenvalue weighted by Crippen LogP contribution is -2.49. The SMILES string of the molecule is CCOc1ccc(C(=O)N2CCN(c3cccc(C)c3C)CC2)cc1COc1ccc(C(C)(C)C)cc1. The highest BCUT2D eigenvalue weighted by atomic mass is 16.5. The van der Waals surface area contributed by atoms with Gasteiger partial charge in [0.1, 0.15) is 18.1 Å². The number of nitrogens with zero attached hydrogens (tertiary/aromatic N) is 2. The van der Waals surface area contributed by atoms with Gasteiger partial charge in [-0.05, 0) is 79.3 Å². The first-order valence-electron chi connectivity index (χ1n) is 13.3. The molecule has 4 rings (SSSR count). The van der Waals surface area contributed by atoms with E-state index in [9.17, 15) is 4.79 Å². The summed E-state index contributed by atoms with van der Waals surface area (Å²) in [6, 6.07) is 20.3. The number of aryl methyl sites for hydroxylation is 1. The normalized spacial score (nSPS) is 14.0. The van der Waals surface area contributed by atoms with Gasteiger partial charge in [0, 0.05) is 43.0 Å². The van der Waals surface area contributed by atoms with Gasteiger partial charge in [-0.3, -0.25) is 4.79 Å². The van der Waals surface area contributed by atoms with Crippen molar-refractivity contribution in [1.29, 1.82) is 0 Å². The van der Waals surface area contributed by atoms with Crippen LogP contribution in [0.15, 0.2) is 60.7 Å². The van der Waals surface area contributed by atoms with Crippen LogP contribution in [0.1, 0.15) is 60.3 Å². The van der Waals surface area contributed by atoms with E-state index >= 15 is 0 Å². The Morgan fingerprint density at radius 3 is 2.24 bits per heavy atom. The topological polar surface area (TPSA) is 42.0 Å². The van der Waals surface area contributed by atoms with Crippen LogP contribution >= 0.6 is 0 Å². The molecule has 1 amide bonds. The van der Waals surface area contributed by atoms with Crippen LogP contribution in [0.25, 0.3) is 0 Å². The standard InChI is InChI=1S/C32H40N2O3/c1-7-36-30-16-11-25(21-26(30)22-37-28-14-12-27(13-15-28)32(4,5)6)31(35)34-19-17-33(18-20-34)29-10-8-9-23(2)24(29)3/h8-16,21H,7,17-20,22H2,1-6H3. The third-order valence-corrected chi connectivity index (χ3v) is 7.21. The van der Waals surface area contributed by atoms with Gasteiger partial charge in [-0.1, -0.05) is 45.0 Å². The summed E-state index contributed by atoms with van der Waals surface area (Å²) in [6.45, 7) is 16.8. The number of hydrogen-bond donors (Lipinski definition) is 0. The van der Waals surface area contributed by atoms with E-state index < -0.39 is 0 Å². The van der Waals surface area contributed by atoms with Gasteiger partial charge in [0.15, 0.2) is 0 Å². The molecule has 1 aliphatic heterocycles. The molecule has 5 heteroatoms. The Kier molecular flexibility index (Phi) is 8.11. The molecular weight excluding hydrogens is 460 g/mol. The average Bonchev–Trinajstić information content (AvgIpc) is 2.89. The number of benzene rings is 3. The van der Waals surface area contributed by atoms with Crippen molar-refractivity contribution in [3.63, 3.8) is 0 Å². The highest BCUT2D eigenvalue weighted by molar-refractivity contribution is 5.94. The van der Waals surface area contributed by atoms with Crippen molar-refractivity contribution in [2.75, 3.05) is 37.7 Å². The molecule has 0 aromatic heterocycles. The average molecular weight is 501 g/mol. The van der Waals surface area contributed by atoms with Crippen LogP contribution in [-0.2, 0) is 12.0 Å². The molecule has 5 nitrogen and oxygen atoms in total. The maximum atomic E-state index is 13.4. The second kappa shape index (κ2) is 11.3. The second-order valence-electron chi connectivity index (χ2n) is 10.8. The van der Waals surface area contributed by atoms with Crippen LogP contribution in [0.4, 0.5) is 5.69 Å². The van der Waals surface area contributed by atoms with Gasteiger partial charge in [-0.2, -0.15) is 0 Å². The van der Waals surface area contributed by atoms with E-state index in [-0.39, 0.29) is 11.3 Å². The fourth-order valence-electron chi connectivity index (χ4n) is 4.75. The lowest BCUT2D eigenvalue weighted by atomic mass is 9.87. The predicted molar refractivity (Wildman–Crippen MR) is 151 cm³/mol. The summed E-state index contributed by atoms with van der Waals surface area (Å²) in [4.78, 5) is 17.8. The van der Waals surface area contributed by atoms with Crippen molar-refractivity contribution in [3.8, 4) is 11.5 Å². The molecule has 1 saturated heterocycles. The molecule has 1 heterocycles. The fraction of sp³-hybridized carbons (Fsp3) is 0.406. The summed E-state index contributed by atoms with van der Waals surface area (Å²) in [6.07, 6.45) is 0. The number of carbonyl (C=O) groups is 1. The van der Waals surface area contributed by atoms with E-state index in [2.05, 4.69) is 69.9 Å². The molecule has 3 aromatic carbocycles. The molecule has 37 heavy (non-hydrogen) atoms. The van der Waals surface area contributed by atoms with Crippen LogP contribution in [0, 0.1) is 13.8 Å². The Bertz CT molecular complexity index is 1220. The minimum atomic E-state index is 0.0550. The number of ether oxygens (including phenoxy) is 2. The highest BCUT2D eigenvalue weighted by Gasteiger charge is 2.24. The molecule has 1 fully saturated rings. The van der Waals surface area contributed by atoms with E-state index in [4.69, 9.17) is 9.47 Å². The van der Waals surface area contributed by atoms with Crippen LogP contribution in [0.2, 0.25) is 0 Å². The maximum Gasteiger partial charge on any atom is 0.253 e. The zero-order chi connectivity index (χ0) is 26.6. The van der Waals surface area contributed by atoms with Crippen LogP contribution in [0.3, 0.4) is 0 Å². The number of carbonyl (C=O) groups excluding carboxylic acids is 1. The third-order valence-electron chi connectivity index (χ3n) is 7.21. The van der Waals surface area contributed by atoms with Gasteiger partial charge in [0.2, 0.25) is 0 Å². The number of hydrogen-bond acceptors (Lipinski definition) is 4. The molecule has 196 valence electrons. The molecule has 0 atom stereocenters. The van der Waals surface area contributed by atoms with E-state index in [0.717, 1.165) is 30.2 Å². The number of amides is 1. The lowest BCUT2D eigenvalue weighted by Gasteiger charge is -2.37. The third kappa shape index (κ3) is 6.27. The van der Waals surface area contributed by atoms with Gasteiger partial charge in [-0.15, -0.1) is 0 Å². The van der Waals surface area contributed by atoms with Crippen LogP contribution in [-0.4, -0.2) is 43.6 Å². The Hall–Kier alpha value is -3.47. The van der Waals surface area contributed by atoms with Gasteiger partial charge in [0.25, 0.3) is 5.91 Å². The first kappa shape index (κ1) is 26.6. The van der Waals surface area contributed by atoms with Gasteiger partial charge < -0.3 is 19.3 Å². The minimum Gasteiger partial charge on any atom is -0.493 e. The summed E-state index contributed by atoms with van der Waals surface area (Å²) >= 11 is 0. The molecule has 0 N–H and O–H groups in total. The van der Waals surface area contributed by atoms with Crippen molar-refractivity contribution in [3.05, 3.63) is 88.5 Å². The molecular formula is C32H40N2O3. The highest BCUT2D eigenvalue weighted by Crippen LogP contribution is 2.28. The summed E-state index contributed by atoms with van der Waals surface area (Å²) in [7, 11) is 0. The van der Waals surface area contributed by atoms with Crippen molar-refractivity contribution < 1.29 is 14.3 Å². The Morgan fingerprint density at radius 1 is 0.892 bits per heavy atom. The van der Waals surface area contributed by atoms with Crippen molar-refractivity contribution in [1.82, 2.24) is 4.90 Å². The summed E-state index contributed by atoms with van der Waals surface area (Å²) in [5.74, 6) is 1.61. The molecule has 0 spiro atoms. The minimum absolute atomic E-state index is 0.0550. The number of piperazine rings is 1. The molecule has 3 aromatic rings. The van der Waals surface area contributed by atoms with Crippen LogP contribution in [0.5, 0.6) is 11.5 Å². The Labute approximate surface area is 222 Å². The Morgan fingerprint density at radius 2 is 1.59 bits per heavy atom. The van der Waals surface area contributed by atoms with Gasteiger partial charge in [0.05, 0.1) is 6.61 Å². The zero-order valence-corrected chi connectivity index (χ0v) is 23.1. The zero-order valence-electron chi connectivity index (χ0n) is 23.1. The molecule has 0 unspecified atom stereocenters. The van der Waals surface area contributed by atoms with E-state index in [0.29, 0.717) is 31.9 Å². The van der Waals surface area contributed by atoms with Crippen molar-refractivity contribution >= 4 is 11.6 Å². The van der Waals surface area contributed by atoms with Gasteiger partial charge in [-0.25, -0.2) is 0 Å². The molecule has 0 bridgehead atoms. The first-order valence-corrected chi connectivity index (χ1v) is 13.3. The van der Waals surface area contributed by atoms with Crippen molar-refractivity contribution in [2.45, 2.75) is 53.6 Å². The van der Waals surface area contributed by atoms with E-state index in [1.54, 1.807) is 0 Å². The van der Waals surface area contributed by atoms with E-state index in [1.807, 2.05) is 42.2 Å². The quantitative estimate of drug-likeness (QED) is 0.369. The largest absolute Gasteiger partial charge is 0.493 e. The lowest BCUT2D eigenvalue weighted by molar-refractivity contribution is 0.0746. The molecule has 0 aliphatic carbocycles. The first-order chi connectivity index (χ1) is 17.7.